The minimum absolute atomic E-state index is 0.174. The standard InChI is InChI=1S/C18H13Cl2NO4/c1-23-15-6-3-10(8-16(15)24-2)7-14-18(22)25-17(21-14)11-4-5-12(19)13(20)9-11/h3-9H,1-2H3. The quantitative estimate of drug-likeness (QED) is 0.586. The van der Waals surface area contributed by atoms with Crippen molar-refractivity contribution in [2.75, 3.05) is 14.2 Å². The average molecular weight is 378 g/mol. The molecule has 128 valence electrons. The maximum Gasteiger partial charge on any atom is 0.363 e. The molecule has 0 aromatic heterocycles. The Balaban J connectivity index is 1.94. The van der Waals surface area contributed by atoms with Crippen molar-refractivity contribution in [1.29, 1.82) is 0 Å². The van der Waals surface area contributed by atoms with Crippen molar-refractivity contribution in [1.82, 2.24) is 0 Å². The summed E-state index contributed by atoms with van der Waals surface area (Å²) in [6, 6.07) is 10.2. The number of halogens is 2. The number of carbonyl (C=O) groups is 1. The predicted octanol–water partition coefficient (Wildman–Crippen LogP) is 4.36. The van der Waals surface area contributed by atoms with E-state index in [2.05, 4.69) is 4.99 Å². The fourth-order valence-corrected chi connectivity index (χ4v) is 2.56. The summed E-state index contributed by atoms with van der Waals surface area (Å²) >= 11 is 11.9. The molecule has 3 rings (SSSR count). The zero-order valence-electron chi connectivity index (χ0n) is 13.4. The van der Waals surface area contributed by atoms with Crippen LogP contribution < -0.4 is 9.47 Å². The lowest BCUT2D eigenvalue weighted by Crippen LogP contribution is -2.05. The number of methoxy groups -OCH3 is 2. The summed E-state index contributed by atoms with van der Waals surface area (Å²) in [5.74, 6) is 0.779. The van der Waals surface area contributed by atoms with Crippen molar-refractivity contribution in [3.05, 3.63) is 63.3 Å². The van der Waals surface area contributed by atoms with E-state index in [4.69, 9.17) is 37.4 Å². The molecule has 0 N–H and O–H groups in total. The molecule has 5 nitrogen and oxygen atoms in total. The Kier molecular flexibility index (Phi) is 4.97. The van der Waals surface area contributed by atoms with Crippen LogP contribution in [0.4, 0.5) is 0 Å². The molecule has 25 heavy (non-hydrogen) atoms. The lowest BCUT2D eigenvalue weighted by Gasteiger charge is -2.07. The van der Waals surface area contributed by atoms with Crippen LogP contribution in [0.1, 0.15) is 11.1 Å². The smallest absolute Gasteiger partial charge is 0.363 e. The highest BCUT2D eigenvalue weighted by atomic mass is 35.5. The summed E-state index contributed by atoms with van der Waals surface area (Å²) < 4.78 is 15.7. The second-order valence-corrected chi connectivity index (χ2v) is 5.89. The van der Waals surface area contributed by atoms with Gasteiger partial charge in [-0.25, -0.2) is 9.79 Å². The van der Waals surface area contributed by atoms with Gasteiger partial charge in [0.05, 0.1) is 24.3 Å². The molecule has 0 amide bonds. The fourth-order valence-electron chi connectivity index (χ4n) is 2.26. The summed E-state index contributed by atoms with van der Waals surface area (Å²) in [4.78, 5) is 16.3. The minimum Gasteiger partial charge on any atom is -0.493 e. The number of hydrogen-bond donors (Lipinski definition) is 0. The van der Waals surface area contributed by atoms with Gasteiger partial charge < -0.3 is 14.2 Å². The Morgan fingerprint density at radius 2 is 1.76 bits per heavy atom. The van der Waals surface area contributed by atoms with Gasteiger partial charge in [-0.2, -0.15) is 0 Å². The first kappa shape index (κ1) is 17.3. The van der Waals surface area contributed by atoms with Crippen LogP contribution in [0.15, 0.2) is 47.1 Å². The molecule has 0 unspecified atom stereocenters. The lowest BCUT2D eigenvalue weighted by atomic mass is 10.1. The van der Waals surface area contributed by atoms with Gasteiger partial charge in [0, 0.05) is 5.56 Å². The molecule has 2 aromatic carbocycles. The van der Waals surface area contributed by atoms with Crippen LogP contribution >= 0.6 is 23.2 Å². The predicted molar refractivity (Wildman–Crippen MR) is 96.6 cm³/mol. The van der Waals surface area contributed by atoms with Crippen LogP contribution in [-0.2, 0) is 9.53 Å². The Morgan fingerprint density at radius 1 is 1.00 bits per heavy atom. The van der Waals surface area contributed by atoms with Crippen LogP contribution in [0, 0.1) is 0 Å². The number of cyclic esters (lactones) is 1. The number of esters is 1. The van der Waals surface area contributed by atoms with Gasteiger partial charge in [-0.3, -0.25) is 0 Å². The third-order valence-electron chi connectivity index (χ3n) is 3.50. The molecule has 1 aliphatic heterocycles. The van der Waals surface area contributed by atoms with E-state index in [1.54, 1.807) is 56.7 Å². The second kappa shape index (κ2) is 7.17. The molecule has 7 heteroatoms. The zero-order chi connectivity index (χ0) is 18.0. The number of carbonyl (C=O) groups excluding carboxylic acids is 1. The van der Waals surface area contributed by atoms with E-state index < -0.39 is 5.97 Å². The molecule has 0 atom stereocenters. The van der Waals surface area contributed by atoms with Crippen molar-refractivity contribution >= 4 is 41.1 Å². The number of aliphatic imine (C=N–C) groups is 1. The molecular weight excluding hydrogens is 365 g/mol. The van der Waals surface area contributed by atoms with Crippen molar-refractivity contribution in [2.24, 2.45) is 4.99 Å². The van der Waals surface area contributed by atoms with Gasteiger partial charge in [0.2, 0.25) is 5.90 Å². The van der Waals surface area contributed by atoms with Gasteiger partial charge in [-0.05, 0) is 42.0 Å². The van der Waals surface area contributed by atoms with Crippen LogP contribution in [0.25, 0.3) is 6.08 Å². The number of hydrogen-bond acceptors (Lipinski definition) is 5. The monoisotopic (exact) mass is 377 g/mol. The fraction of sp³-hybridized carbons (Fsp3) is 0.111. The molecule has 0 saturated carbocycles. The summed E-state index contributed by atoms with van der Waals surface area (Å²) in [5.41, 5.74) is 1.47. The van der Waals surface area contributed by atoms with E-state index in [-0.39, 0.29) is 11.6 Å². The molecule has 0 radical (unpaired) electrons. The minimum atomic E-state index is -0.546. The summed E-state index contributed by atoms with van der Waals surface area (Å²) in [6.07, 6.45) is 1.61. The van der Waals surface area contributed by atoms with E-state index in [1.807, 2.05) is 0 Å². The Bertz CT molecular complexity index is 906. The summed E-state index contributed by atoms with van der Waals surface area (Å²) in [7, 11) is 3.09. The molecule has 1 heterocycles. The molecule has 2 aromatic rings. The number of benzene rings is 2. The first-order chi connectivity index (χ1) is 12.0. The van der Waals surface area contributed by atoms with Gasteiger partial charge in [0.1, 0.15) is 0 Å². The van der Waals surface area contributed by atoms with Crippen molar-refractivity contribution < 1.29 is 19.0 Å². The van der Waals surface area contributed by atoms with E-state index in [9.17, 15) is 4.79 Å². The normalized spacial score (nSPS) is 15.1. The van der Waals surface area contributed by atoms with Gasteiger partial charge in [-0.15, -0.1) is 0 Å². The summed E-state index contributed by atoms with van der Waals surface area (Å²) in [5, 5.41) is 0.770. The van der Waals surface area contributed by atoms with Gasteiger partial charge in [0.15, 0.2) is 17.2 Å². The molecule has 0 spiro atoms. The Labute approximate surface area is 154 Å². The Morgan fingerprint density at radius 3 is 2.44 bits per heavy atom. The molecular formula is C18H13Cl2NO4. The van der Waals surface area contributed by atoms with Crippen LogP contribution in [0.5, 0.6) is 11.5 Å². The average Bonchev–Trinajstić information content (AvgIpc) is 2.97. The topological polar surface area (TPSA) is 57.1 Å². The van der Waals surface area contributed by atoms with Crippen LogP contribution in [0.2, 0.25) is 10.0 Å². The molecule has 0 fully saturated rings. The Hall–Kier alpha value is -2.50. The largest absolute Gasteiger partial charge is 0.493 e. The highest BCUT2D eigenvalue weighted by Gasteiger charge is 2.24. The first-order valence-electron chi connectivity index (χ1n) is 7.22. The van der Waals surface area contributed by atoms with E-state index in [0.29, 0.717) is 27.1 Å². The highest BCUT2D eigenvalue weighted by Crippen LogP contribution is 2.30. The SMILES string of the molecule is COc1ccc(C=C2N=C(c3ccc(Cl)c(Cl)c3)OC2=O)cc1OC. The highest BCUT2D eigenvalue weighted by molar-refractivity contribution is 6.42. The maximum atomic E-state index is 12.1. The van der Waals surface area contributed by atoms with Gasteiger partial charge >= 0.3 is 5.97 Å². The van der Waals surface area contributed by atoms with Crippen molar-refractivity contribution in [2.45, 2.75) is 0 Å². The second-order valence-electron chi connectivity index (χ2n) is 5.08. The van der Waals surface area contributed by atoms with Gasteiger partial charge in [0.25, 0.3) is 0 Å². The van der Waals surface area contributed by atoms with Crippen LogP contribution in [0.3, 0.4) is 0 Å². The van der Waals surface area contributed by atoms with E-state index in [1.165, 1.54) is 0 Å². The third-order valence-corrected chi connectivity index (χ3v) is 4.24. The summed E-state index contributed by atoms with van der Waals surface area (Å²) in [6.45, 7) is 0. The maximum absolute atomic E-state index is 12.1. The van der Waals surface area contributed by atoms with Crippen molar-refractivity contribution in [3.8, 4) is 11.5 Å². The molecule has 0 aliphatic carbocycles. The molecule has 0 bridgehead atoms. The number of nitrogens with zero attached hydrogens (tertiary/aromatic N) is 1. The zero-order valence-corrected chi connectivity index (χ0v) is 14.9. The van der Waals surface area contributed by atoms with Gasteiger partial charge in [-0.1, -0.05) is 29.3 Å². The molecule has 0 saturated heterocycles. The van der Waals surface area contributed by atoms with Crippen molar-refractivity contribution in [3.63, 3.8) is 0 Å². The first-order valence-corrected chi connectivity index (χ1v) is 7.97. The number of ether oxygens (including phenoxy) is 3. The third kappa shape index (κ3) is 3.62. The van der Waals surface area contributed by atoms with Crippen LogP contribution in [-0.4, -0.2) is 26.1 Å². The van der Waals surface area contributed by atoms with E-state index in [0.717, 1.165) is 5.56 Å². The number of rotatable bonds is 4. The lowest BCUT2D eigenvalue weighted by molar-refractivity contribution is -0.129. The van der Waals surface area contributed by atoms with E-state index >= 15 is 0 Å². The molecule has 1 aliphatic rings.